The van der Waals surface area contributed by atoms with Gasteiger partial charge < -0.3 is 4.90 Å². The molecule has 3 heterocycles. The monoisotopic (exact) mass is 360 g/mol. The van der Waals surface area contributed by atoms with Gasteiger partial charge in [-0.3, -0.25) is 9.78 Å². The van der Waals surface area contributed by atoms with Crippen molar-refractivity contribution in [1.29, 1.82) is 0 Å². The van der Waals surface area contributed by atoms with Crippen LogP contribution < -0.4 is 0 Å². The smallest absolute Gasteiger partial charge is 0.274 e. The van der Waals surface area contributed by atoms with Gasteiger partial charge in [0.1, 0.15) is 17.0 Å². The van der Waals surface area contributed by atoms with Gasteiger partial charge in [0.25, 0.3) is 5.91 Å². The molecule has 0 aliphatic carbocycles. The highest BCUT2D eigenvalue weighted by Gasteiger charge is 2.20. The van der Waals surface area contributed by atoms with Crippen LogP contribution in [0.15, 0.2) is 42.7 Å². The molecule has 0 bridgehead atoms. The minimum Gasteiger partial charge on any atom is -0.337 e. The van der Waals surface area contributed by atoms with Crippen LogP contribution in [0.4, 0.5) is 4.39 Å². The lowest BCUT2D eigenvalue weighted by atomic mass is 10.1. The van der Waals surface area contributed by atoms with Crippen molar-refractivity contribution in [3.63, 3.8) is 0 Å². The molecule has 1 aromatic carbocycles. The summed E-state index contributed by atoms with van der Waals surface area (Å²) in [5.41, 5.74) is 2.18. The number of likely N-dealkylation sites (tertiary alicyclic amines) is 1. The van der Waals surface area contributed by atoms with Crippen molar-refractivity contribution in [3.05, 3.63) is 65.4 Å². The summed E-state index contributed by atoms with van der Waals surface area (Å²) in [5, 5.41) is 0. The molecule has 27 heavy (non-hydrogen) atoms. The summed E-state index contributed by atoms with van der Waals surface area (Å²) in [4.78, 5) is 27.3. The number of nitrogens with zero attached hydrogens (tertiary/aromatic N) is 4. The minimum atomic E-state index is -0.362. The van der Waals surface area contributed by atoms with Crippen LogP contribution >= 0.6 is 0 Å². The topological polar surface area (TPSA) is 59.0 Å². The van der Waals surface area contributed by atoms with Crippen LogP contribution in [0.3, 0.4) is 0 Å². The number of hydrogen-bond acceptors (Lipinski definition) is 4. The molecule has 1 aliphatic rings. The van der Waals surface area contributed by atoms with E-state index in [4.69, 9.17) is 0 Å². The molecule has 0 radical (unpaired) electrons. The van der Waals surface area contributed by atoms with E-state index in [2.05, 4.69) is 26.8 Å². The first kappa shape index (κ1) is 17.1. The number of hydrogen-bond donors (Lipinski definition) is 0. The number of rotatable bonds is 1. The van der Waals surface area contributed by atoms with E-state index in [0.717, 1.165) is 32.4 Å². The van der Waals surface area contributed by atoms with Crippen molar-refractivity contribution in [1.82, 2.24) is 19.9 Å². The molecule has 0 atom stereocenters. The van der Waals surface area contributed by atoms with Gasteiger partial charge in [0.2, 0.25) is 0 Å². The standard InChI is InChI=1S/C21H17FN4O/c22-17-7-3-2-6-16(17)9-8-15-12-18-20(24-13-15)25-19(14-23-18)21(27)26-10-4-1-5-11-26/h2-3,6-7,12-14H,1,4-5,10-11H2. The van der Waals surface area contributed by atoms with E-state index >= 15 is 0 Å². The Hall–Kier alpha value is -3.33. The molecule has 0 N–H and O–H groups in total. The molecule has 5 nitrogen and oxygen atoms in total. The molecule has 1 saturated heterocycles. The van der Waals surface area contributed by atoms with Gasteiger partial charge in [-0.05, 0) is 37.5 Å². The normalized spacial score (nSPS) is 13.9. The van der Waals surface area contributed by atoms with Gasteiger partial charge in [-0.2, -0.15) is 0 Å². The number of benzene rings is 1. The Morgan fingerprint density at radius 1 is 1.04 bits per heavy atom. The van der Waals surface area contributed by atoms with Crippen molar-refractivity contribution in [2.45, 2.75) is 19.3 Å². The third kappa shape index (κ3) is 3.77. The quantitative estimate of drug-likeness (QED) is 0.626. The number of carbonyl (C=O) groups is 1. The van der Waals surface area contributed by atoms with Crippen LogP contribution in [-0.4, -0.2) is 38.8 Å². The lowest BCUT2D eigenvalue weighted by Gasteiger charge is -2.26. The largest absolute Gasteiger partial charge is 0.337 e. The number of halogens is 1. The maximum atomic E-state index is 13.6. The fraction of sp³-hybridized carbons (Fsp3) is 0.238. The van der Waals surface area contributed by atoms with Gasteiger partial charge in [-0.15, -0.1) is 0 Å². The Morgan fingerprint density at radius 2 is 1.85 bits per heavy atom. The zero-order chi connectivity index (χ0) is 18.6. The summed E-state index contributed by atoms with van der Waals surface area (Å²) in [7, 11) is 0. The second kappa shape index (κ2) is 7.50. The lowest BCUT2D eigenvalue weighted by Crippen LogP contribution is -2.36. The predicted octanol–water partition coefficient (Wildman–Crippen LogP) is 3.19. The number of carbonyl (C=O) groups excluding carboxylic acids is 1. The zero-order valence-corrected chi connectivity index (χ0v) is 14.7. The molecule has 2 aromatic heterocycles. The van der Waals surface area contributed by atoms with Crippen LogP contribution in [-0.2, 0) is 0 Å². The number of fused-ring (bicyclic) bond motifs is 1. The van der Waals surface area contributed by atoms with Crippen LogP contribution in [0.5, 0.6) is 0 Å². The van der Waals surface area contributed by atoms with E-state index in [1.807, 2.05) is 4.90 Å². The highest BCUT2D eigenvalue weighted by atomic mass is 19.1. The van der Waals surface area contributed by atoms with Crippen molar-refractivity contribution < 1.29 is 9.18 Å². The molecule has 0 saturated carbocycles. The Balaban J connectivity index is 1.59. The van der Waals surface area contributed by atoms with E-state index in [-0.39, 0.29) is 11.7 Å². The van der Waals surface area contributed by atoms with Crippen LogP contribution in [0.1, 0.15) is 40.9 Å². The third-order valence-corrected chi connectivity index (χ3v) is 4.48. The van der Waals surface area contributed by atoms with Crippen LogP contribution in [0.2, 0.25) is 0 Å². The Morgan fingerprint density at radius 3 is 2.67 bits per heavy atom. The second-order valence-corrected chi connectivity index (χ2v) is 6.40. The molecular formula is C21H17FN4O. The van der Waals surface area contributed by atoms with E-state index in [1.165, 1.54) is 12.3 Å². The SMILES string of the molecule is O=C(c1cnc2cc(C#Cc3ccccc3F)cnc2n1)N1CCCCC1. The van der Waals surface area contributed by atoms with Gasteiger partial charge in [0, 0.05) is 24.8 Å². The van der Waals surface area contributed by atoms with E-state index in [0.29, 0.717) is 28.0 Å². The van der Waals surface area contributed by atoms with Crippen molar-refractivity contribution in [2.75, 3.05) is 13.1 Å². The first-order chi connectivity index (χ1) is 13.2. The predicted molar refractivity (Wildman–Crippen MR) is 99.5 cm³/mol. The van der Waals surface area contributed by atoms with E-state index < -0.39 is 0 Å². The lowest BCUT2D eigenvalue weighted by molar-refractivity contribution is 0.0718. The summed E-state index contributed by atoms with van der Waals surface area (Å²) in [6.07, 6.45) is 6.24. The average molecular weight is 360 g/mol. The highest BCUT2D eigenvalue weighted by Crippen LogP contribution is 2.14. The summed E-state index contributed by atoms with van der Waals surface area (Å²) in [6, 6.07) is 8.08. The number of amides is 1. The van der Waals surface area contributed by atoms with Crippen molar-refractivity contribution in [3.8, 4) is 11.8 Å². The van der Waals surface area contributed by atoms with Crippen molar-refractivity contribution >= 4 is 17.1 Å². The molecule has 1 fully saturated rings. The number of pyridine rings is 1. The van der Waals surface area contributed by atoms with Gasteiger partial charge in [0.15, 0.2) is 5.65 Å². The maximum Gasteiger partial charge on any atom is 0.274 e. The minimum absolute atomic E-state index is 0.102. The summed E-state index contributed by atoms with van der Waals surface area (Å²) < 4.78 is 13.6. The fourth-order valence-corrected chi connectivity index (χ4v) is 3.03. The second-order valence-electron chi connectivity index (χ2n) is 6.40. The molecule has 4 rings (SSSR count). The van der Waals surface area contributed by atoms with Crippen molar-refractivity contribution in [2.24, 2.45) is 0 Å². The Bertz CT molecular complexity index is 1060. The average Bonchev–Trinajstić information content (AvgIpc) is 2.73. The first-order valence-corrected chi connectivity index (χ1v) is 8.89. The third-order valence-electron chi connectivity index (χ3n) is 4.48. The molecule has 134 valence electrons. The zero-order valence-electron chi connectivity index (χ0n) is 14.7. The highest BCUT2D eigenvalue weighted by molar-refractivity contribution is 5.93. The molecule has 1 aliphatic heterocycles. The summed E-state index contributed by atoms with van der Waals surface area (Å²) in [5.74, 6) is 5.22. The maximum absolute atomic E-state index is 13.6. The number of aromatic nitrogens is 3. The van der Waals surface area contributed by atoms with E-state index in [1.54, 1.807) is 30.5 Å². The van der Waals surface area contributed by atoms with Crippen LogP contribution in [0.25, 0.3) is 11.2 Å². The molecular weight excluding hydrogens is 343 g/mol. The first-order valence-electron chi connectivity index (χ1n) is 8.89. The molecule has 1 amide bonds. The molecule has 3 aromatic rings. The van der Waals surface area contributed by atoms with E-state index in [9.17, 15) is 9.18 Å². The Kier molecular flexibility index (Phi) is 4.75. The van der Waals surface area contributed by atoms with Gasteiger partial charge in [-0.25, -0.2) is 14.4 Å². The molecule has 0 unspecified atom stereocenters. The number of piperidine rings is 1. The van der Waals surface area contributed by atoms with Gasteiger partial charge in [0.05, 0.1) is 11.8 Å². The van der Waals surface area contributed by atoms with Gasteiger partial charge >= 0.3 is 0 Å². The summed E-state index contributed by atoms with van der Waals surface area (Å²) >= 11 is 0. The molecule has 0 spiro atoms. The Labute approximate surface area is 156 Å². The summed E-state index contributed by atoms with van der Waals surface area (Å²) in [6.45, 7) is 1.52. The fourth-order valence-electron chi connectivity index (χ4n) is 3.03. The van der Waals surface area contributed by atoms with Gasteiger partial charge in [-0.1, -0.05) is 24.0 Å². The molecule has 6 heteroatoms. The van der Waals surface area contributed by atoms with Crippen LogP contribution in [0, 0.1) is 17.7 Å².